The van der Waals surface area contributed by atoms with Gasteiger partial charge in [0.25, 0.3) is 5.91 Å². The fraction of sp³-hybridized carbons (Fsp3) is 0.300. The zero-order valence-corrected chi connectivity index (χ0v) is 13.7. The van der Waals surface area contributed by atoms with Crippen LogP contribution in [0.4, 0.5) is 0 Å². The van der Waals surface area contributed by atoms with E-state index in [0.29, 0.717) is 30.5 Å². The molecule has 1 fully saturated rings. The van der Waals surface area contributed by atoms with Crippen LogP contribution in [-0.2, 0) is 0 Å². The third-order valence-corrected chi connectivity index (χ3v) is 4.78. The van der Waals surface area contributed by atoms with Crippen molar-refractivity contribution in [2.45, 2.75) is 19.3 Å². The Balaban J connectivity index is 1.72. The van der Waals surface area contributed by atoms with Crippen molar-refractivity contribution in [2.75, 3.05) is 13.1 Å². The lowest BCUT2D eigenvalue weighted by Gasteiger charge is -2.37. The lowest BCUT2D eigenvalue weighted by molar-refractivity contribution is 0.0661. The van der Waals surface area contributed by atoms with E-state index in [1.165, 1.54) is 17.7 Å². The van der Waals surface area contributed by atoms with E-state index in [1.807, 2.05) is 11.0 Å². The second-order valence-electron chi connectivity index (χ2n) is 6.42. The molecule has 1 saturated heterocycles. The van der Waals surface area contributed by atoms with Crippen molar-refractivity contribution >= 4 is 11.9 Å². The average molecular weight is 323 g/mol. The number of hydrogen-bond donors (Lipinski definition) is 1. The third-order valence-electron chi connectivity index (χ3n) is 4.78. The molecule has 2 aromatic carbocycles. The number of rotatable bonds is 3. The van der Waals surface area contributed by atoms with Crippen LogP contribution in [0.2, 0.25) is 0 Å². The van der Waals surface area contributed by atoms with Crippen LogP contribution in [0.1, 0.15) is 45.5 Å². The molecule has 1 N–H and O–H groups in total. The molecule has 0 spiro atoms. The summed E-state index contributed by atoms with van der Waals surface area (Å²) in [5, 5.41) is 9.08. The van der Waals surface area contributed by atoms with Crippen LogP contribution in [0.5, 0.6) is 0 Å². The summed E-state index contributed by atoms with van der Waals surface area (Å²) in [6.45, 7) is 3.56. The van der Waals surface area contributed by atoms with Crippen LogP contribution >= 0.6 is 0 Å². The van der Waals surface area contributed by atoms with Gasteiger partial charge < -0.3 is 10.0 Å². The number of carbonyl (C=O) groups excluding carboxylic acids is 1. The van der Waals surface area contributed by atoms with Crippen LogP contribution in [0.25, 0.3) is 0 Å². The first-order chi connectivity index (χ1) is 11.6. The van der Waals surface area contributed by atoms with E-state index in [1.54, 1.807) is 12.1 Å². The van der Waals surface area contributed by atoms with Crippen LogP contribution in [0, 0.1) is 5.92 Å². The predicted molar refractivity (Wildman–Crippen MR) is 92.3 cm³/mol. The second-order valence-corrected chi connectivity index (χ2v) is 6.42. The van der Waals surface area contributed by atoms with Crippen LogP contribution < -0.4 is 0 Å². The minimum Gasteiger partial charge on any atom is -0.478 e. The molecule has 24 heavy (non-hydrogen) atoms. The monoisotopic (exact) mass is 323 g/mol. The van der Waals surface area contributed by atoms with Crippen molar-refractivity contribution < 1.29 is 14.7 Å². The van der Waals surface area contributed by atoms with Crippen molar-refractivity contribution in [2.24, 2.45) is 5.92 Å². The van der Waals surface area contributed by atoms with Crippen molar-refractivity contribution in [3.63, 3.8) is 0 Å². The molecule has 0 radical (unpaired) electrons. The number of carboxylic acids is 1. The number of nitrogens with zero attached hydrogens (tertiary/aromatic N) is 1. The predicted octanol–water partition coefficient (Wildman–Crippen LogP) is 3.65. The topological polar surface area (TPSA) is 57.6 Å². The van der Waals surface area contributed by atoms with E-state index in [4.69, 9.17) is 5.11 Å². The van der Waals surface area contributed by atoms with Crippen LogP contribution in [0.3, 0.4) is 0 Å². The van der Waals surface area contributed by atoms with E-state index >= 15 is 0 Å². The van der Waals surface area contributed by atoms with Crippen molar-refractivity contribution in [3.8, 4) is 0 Å². The fourth-order valence-corrected chi connectivity index (χ4v) is 3.49. The molecular formula is C20H21NO3. The highest BCUT2D eigenvalue weighted by molar-refractivity contribution is 5.97. The molecule has 1 aliphatic heterocycles. The summed E-state index contributed by atoms with van der Waals surface area (Å²) in [4.78, 5) is 25.6. The molecule has 4 nitrogen and oxygen atoms in total. The molecule has 0 aliphatic carbocycles. The van der Waals surface area contributed by atoms with Gasteiger partial charge in [-0.05, 0) is 42.0 Å². The van der Waals surface area contributed by atoms with Crippen LogP contribution in [0.15, 0.2) is 54.6 Å². The summed E-state index contributed by atoms with van der Waals surface area (Å²) >= 11 is 0. The average Bonchev–Trinajstić information content (AvgIpc) is 2.62. The Labute approximate surface area is 141 Å². The number of amides is 1. The first-order valence-corrected chi connectivity index (χ1v) is 8.24. The summed E-state index contributed by atoms with van der Waals surface area (Å²) in [6, 6.07) is 16.7. The smallest absolute Gasteiger partial charge is 0.335 e. The Kier molecular flexibility index (Phi) is 4.65. The number of aromatic carboxylic acids is 1. The Morgan fingerprint density at radius 2 is 1.75 bits per heavy atom. The highest BCUT2D eigenvalue weighted by Crippen LogP contribution is 2.33. The van der Waals surface area contributed by atoms with Gasteiger partial charge in [0.15, 0.2) is 0 Å². The van der Waals surface area contributed by atoms with E-state index in [9.17, 15) is 9.59 Å². The maximum atomic E-state index is 12.7. The number of likely N-dealkylation sites (tertiary alicyclic amines) is 1. The van der Waals surface area contributed by atoms with Gasteiger partial charge in [-0.1, -0.05) is 43.3 Å². The van der Waals surface area contributed by atoms with Crippen molar-refractivity contribution in [1.29, 1.82) is 0 Å². The maximum Gasteiger partial charge on any atom is 0.335 e. The SMILES string of the molecule is CC1CN(C(=O)c2cccc(C(=O)O)c2)CCC1c1ccccc1. The first-order valence-electron chi connectivity index (χ1n) is 8.24. The highest BCUT2D eigenvalue weighted by atomic mass is 16.4. The Morgan fingerprint density at radius 1 is 1.04 bits per heavy atom. The van der Waals surface area contributed by atoms with Crippen molar-refractivity contribution in [1.82, 2.24) is 4.90 Å². The molecule has 1 amide bonds. The highest BCUT2D eigenvalue weighted by Gasteiger charge is 2.30. The van der Waals surface area contributed by atoms with Gasteiger partial charge in [-0.3, -0.25) is 4.79 Å². The van der Waals surface area contributed by atoms with Gasteiger partial charge in [0, 0.05) is 18.7 Å². The molecule has 3 rings (SSSR count). The van der Waals surface area contributed by atoms with E-state index in [2.05, 4.69) is 31.2 Å². The number of piperidine rings is 1. The molecule has 2 atom stereocenters. The zero-order valence-electron chi connectivity index (χ0n) is 13.7. The zero-order chi connectivity index (χ0) is 17.1. The second kappa shape index (κ2) is 6.87. The molecule has 2 unspecified atom stereocenters. The lowest BCUT2D eigenvalue weighted by Crippen LogP contribution is -2.42. The normalized spacial score (nSPS) is 20.6. The third kappa shape index (κ3) is 3.32. The first kappa shape index (κ1) is 16.2. The molecular weight excluding hydrogens is 302 g/mol. The summed E-state index contributed by atoms with van der Waals surface area (Å²) in [6.07, 6.45) is 0.926. The minimum atomic E-state index is -1.01. The molecule has 0 saturated carbocycles. The quantitative estimate of drug-likeness (QED) is 0.938. The van der Waals surface area contributed by atoms with Gasteiger partial charge >= 0.3 is 5.97 Å². The van der Waals surface area contributed by atoms with Gasteiger partial charge in [-0.25, -0.2) is 4.79 Å². The summed E-state index contributed by atoms with van der Waals surface area (Å²) in [5.74, 6) is -0.273. The molecule has 124 valence electrons. The van der Waals surface area contributed by atoms with E-state index < -0.39 is 5.97 Å². The Morgan fingerprint density at radius 3 is 2.42 bits per heavy atom. The number of benzene rings is 2. The molecule has 1 heterocycles. The van der Waals surface area contributed by atoms with Crippen molar-refractivity contribution in [3.05, 3.63) is 71.3 Å². The van der Waals surface area contributed by atoms with Gasteiger partial charge in [-0.2, -0.15) is 0 Å². The van der Waals surface area contributed by atoms with E-state index in [0.717, 1.165) is 6.42 Å². The van der Waals surface area contributed by atoms with Gasteiger partial charge in [0.2, 0.25) is 0 Å². The lowest BCUT2D eigenvalue weighted by atomic mass is 9.81. The number of hydrogen-bond acceptors (Lipinski definition) is 2. The minimum absolute atomic E-state index is 0.0866. The maximum absolute atomic E-state index is 12.7. The van der Waals surface area contributed by atoms with Gasteiger partial charge in [0.1, 0.15) is 0 Å². The molecule has 0 bridgehead atoms. The van der Waals surface area contributed by atoms with Gasteiger partial charge in [-0.15, -0.1) is 0 Å². The molecule has 0 aromatic heterocycles. The van der Waals surface area contributed by atoms with Crippen LogP contribution in [-0.4, -0.2) is 35.0 Å². The summed E-state index contributed by atoms with van der Waals surface area (Å²) in [5.41, 5.74) is 1.92. The summed E-state index contributed by atoms with van der Waals surface area (Å²) < 4.78 is 0. The number of carboxylic acid groups (broad SMARTS) is 1. The summed E-state index contributed by atoms with van der Waals surface area (Å²) in [7, 11) is 0. The fourth-order valence-electron chi connectivity index (χ4n) is 3.49. The standard InChI is InChI=1S/C20H21NO3/c1-14-13-21(11-10-18(14)15-6-3-2-4-7-15)19(22)16-8-5-9-17(12-16)20(23)24/h2-9,12,14,18H,10-11,13H2,1H3,(H,23,24). The molecule has 2 aromatic rings. The van der Waals surface area contributed by atoms with Gasteiger partial charge in [0.05, 0.1) is 5.56 Å². The molecule has 4 heteroatoms. The number of carbonyl (C=O) groups is 2. The largest absolute Gasteiger partial charge is 0.478 e. The Bertz CT molecular complexity index is 742. The molecule has 1 aliphatic rings. The van der Waals surface area contributed by atoms with E-state index in [-0.39, 0.29) is 11.5 Å². The Hall–Kier alpha value is -2.62.